The van der Waals surface area contributed by atoms with E-state index in [4.69, 9.17) is 9.84 Å². The number of aliphatic hydroxyl groups excluding tert-OH is 1. The van der Waals surface area contributed by atoms with E-state index in [1.807, 2.05) is 0 Å². The molecule has 0 aromatic rings. The van der Waals surface area contributed by atoms with Gasteiger partial charge in [-0.15, -0.1) is 0 Å². The van der Waals surface area contributed by atoms with E-state index in [0.29, 0.717) is 26.1 Å². The van der Waals surface area contributed by atoms with Crippen molar-refractivity contribution in [1.29, 1.82) is 0 Å². The molecule has 0 fully saturated rings. The normalized spacial score (nSPS) is 11.6. The molecule has 2 N–H and O–H groups in total. The first-order valence-corrected chi connectivity index (χ1v) is 10.6. The van der Waals surface area contributed by atoms with Gasteiger partial charge in [0.1, 0.15) is 6.61 Å². The van der Waals surface area contributed by atoms with Crippen molar-refractivity contribution < 1.29 is 14.6 Å². The number of aliphatic hydroxyl groups is 1. The van der Waals surface area contributed by atoms with E-state index >= 15 is 0 Å². The summed E-state index contributed by atoms with van der Waals surface area (Å²) in [6, 6.07) is 0. The molecule has 0 aromatic heterocycles. The Morgan fingerprint density at radius 1 is 0.885 bits per heavy atom. The van der Waals surface area contributed by atoms with Crippen LogP contribution in [0.2, 0.25) is 0 Å². The number of nitrogens with one attached hydrogen (secondary N) is 1. The molecular formula is C22H41NO3. The highest BCUT2D eigenvalue weighted by Gasteiger charge is 2.01. The van der Waals surface area contributed by atoms with Gasteiger partial charge in [-0.3, -0.25) is 4.79 Å². The molecule has 0 aliphatic rings. The third kappa shape index (κ3) is 20.9. The van der Waals surface area contributed by atoms with Crippen LogP contribution in [0.4, 0.5) is 0 Å². The minimum atomic E-state index is -0.110. The van der Waals surface area contributed by atoms with Crippen LogP contribution in [0.5, 0.6) is 0 Å². The number of carbonyl (C=O) groups excluding carboxylic acids is 1. The quantitative estimate of drug-likeness (QED) is 0.193. The number of carbonyl (C=O) groups is 1. The molecule has 0 amide bonds. The lowest BCUT2D eigenvalue weighted by Gasteiger charge is -2.05. The molecule has 0 aromatic carbocycles. The van der Waals surface area contributed by atoms with Crippen LogP contribution < -0.4 is 5.32 Å². The van der Waals surface area contributed by atoms with E-state index in [2.05, 4.69) is 36.5 Å². The minimum Gasteiger partial charge on any atom is -0.464 e. The summed E-state index contributed by atoms with van der Waals surface area (Å²) < 4.78 is 5.11. The average Bonchev–Trinajstić information content (AvgIpc) is 2.64. The number of hydrogen-bond donors (Lipinski definition) is 2. The lowest BCUT2D eigenvalue weighted by molar-refractivity contribution is -0.143. The fraction of sp³-hybridized carbons (Fsp3) is 0.773. The predicted molar refractivity (Wildman–Crippen MR) is 110 cm³/mol. The molecule has 0 heterocycles. The molecule has 0 rings (SSSR count). The summed E-state index contributed by atoms with van der Waals surface area (Å²) in [5, 5.41) is 11.6. The van der Waals surface area contributed by atoms with Gasteiger partial charge in [0.2, 0.25) is 0 Å². The summed E-state index contributed by atoms with van der Waals surface area (Å²) in [6.45, 7) is 3.89. The highest BCUT2D eigenvalue weighted by Crippen LogP contribution is 2.08. The molecule has 0 aliphatic carbocycles. The molecular weight excluding hydrogens is 326 g/mol. The van der Waals surface area contributed by atoms with E-state index < -0.39 is 0 Å². The van der Waals surface area contributed by atoms with Crippen LogP contribution >= 0.6 is 0 Å². The van der Waals surface area contributed by atoms with E-state index in [0.717, 1.165) is 25.7 Å². The number of unbranched alkanes of at least 4 members (excludes halogenated alkanes) is 8. The molecule has 26 heavy (non-hydrogen) atoms. The second-order valence-corrected chi connectivity index (χ2v) is 6.67. The second kappa shape index (κ2) is 21.9. The number of hydrogen-bond acceptors (Lipinski definition) is 4. The standard InChI is InChI=1S/C22H41NO3/c1-2-3-4-5-6-7-8-9-10-11-12-13-14-15-16-17-22(25)26-21-19-23-18-20-24/h6-7,9-10,23-24H,2-5,8,11-21H2,1H3/b7-6-,10-9-. The SMILES string of the molecule is CCCCC/C=C\C/C=C\CCCCCCCC(=O)OCCNCCO. The molecule has 0 saturated carbocycles. The Labute approximate surface area is 161 Å². The molecule has 0 radical (unpaired) electrons. The Hall–Kier alpha value is -1.13. The maximum atomic E-state index is 11.5. The highest BCUT2D eigenvalue weighted by atomic mass is 16.5. The number of rotatable bonds is 19. The van der Waals surface area contributed by atoms with E-state index in [-0.39, 0.29) is 12.6 Å². The third-order valence-electron chi connectivity index (χ3n) is 4.16. The Balaban J connectivity index is 3.25. The largest absolute Gasteiger partial charge is 0.464 e. The molecule has 0 atom stereocenters. The van der Waals surface area contributed by atoms with Gasteiger partial charge < -0.3 is 15.2 Å². The Kier molecular flexibility index (Phi) is 21.0. The summed E-state index contributed by atoms with van der Waals surface area (Å²) >= 11 is 0. The van der Waals surface area contributed by atoms with Gasteiger partial charge in [-0.1, -0.05) is 63.3 Å². The predicted octanol–water partition coefficient (Wildman–Crippen LogP) is 4.93. The topological polar surface area (TPSA) is 58.6 Å². The Morgan fingerprint density at radius 2 is 1.54 bits per heavy atom. The first kappa shape index (κ1) is 24.9. The maximum Gasteiger partial charge on any atom is 0.305 e. The lowest BCUT2D eigenvalue weighted by atomic mass is 10.1. The highest BCUT2D eigenvalue weighted by molar-refractivity contribution is 5.69. The second-order valence-electron chi connectivity index (χ2n) is 6.67. The van der Waals surface area contributed by atoms with Gasteiger partial charge in [-0.05, 0) is 38.5 Å². The molecule has 0 saturated heterocycles. The van der Waals surface area contributed by atoms with Gasteiger partial charge in [0.25, 0.3) is 0 Å². The number of esters is 1. The number of ether oxygens (including phenoxy) is 1. The van der Waals surface area contributed by atoms with Crippen LogP contribution in [0.15, 0.2) is 24.3 Å². The van der Waals surface area contributed by atoms with Crippen molar-refractivity contribution in [3.8, 4) is 0 Å². The molecule has 0 unspecified atom stereocenters. The molecule has 152 valence electrons. The van der Waals surface area contributed by atoms with Crippen LogP contribution in [0.1, 0.15) is 84.0 Å². The molecule has 0 aliphatic heterocycles. The van der Waals surface area contributed by atoms with Crippen molar-refractivity contribution in [2.24, 2.45) is 0 Å². The van der Waals surface area contributed by atoms with Gasteiger partial charge >= 0.3 is 5.97 Å². The monoisotopic (exact) mass is 367 g/mol. The summed E-state index contributed by atoms with van der Waals surface area (Å²) in [5.41, 5.74) is 0. The van der Waals surface area contributed by atoms with Crippen molar-refractivity contribution in [3.05, 3.63) is 24.3 Å². The van der Waals surface area contributed by atoms with E-state index in [9.17, 15) is 4.79 Å². The fourth-order valence-electron chi connectivity index (χ4n) is 2.59. The molecule has 4 heteroatoms. The summed E-state index contributed by atoms with van der Waals surface area (Å²) in [4.78, 5) is 11.5. The zero-order chi connectivity index (χ0) is 19.1. The Bertz CT molecular complexity index is 353. The maximum absolute atomic E-state index is 11.5. The average molecular weight is 368 g/mol. The first-order valence-electron chi connectivity index (χ1n) is 10.6. The fourth-order valence-corrected chi connectivity index (χ4v) is 2.59. The van der Waals surface area contributed by atoms with E-state index in [1.165, 1.54) is 44.9 Å². The van der Waals surface area contributed by atoms with Gasteiger partial charge in [-0.25, -0.2) is 0 Å². The minimum absolute atomic E-state index is 0.110. The van der Waals surface area contributed by atoms with Gasteiger partial charge in [0.05, 0.1) is 6.61 Å². The summed E-state index contributed by atoms with van der Waals surface area (Å²) in [7, 11) is 0. The van der Waals surface area contributed by atoms with Crippen LogP contribution in [0, 0.1) is 0 Å². The molecule has 4 nitrogen and oxygen atoms in total. The summed E-state index contributed by atoms with van der Waals surface area (Å²) in [5.74, 6) is -0.110. The Morgan fingerprint density at radius 3 is 2.23 bits per heavy atom. The van der Waals surface area contributed by atoms with Crippen LogP contribution in [0.25, 0.3) is 0 Å². The van der Waals surface area contributed by atoms with Gasteiger partial charge in [0.15, 0.2) is 0 Å². The lowest BCUT2D eigenvalue weighted by Crippen LogP contribution is -2.24. The van der Waals surface area contributed by atoms with E-state index in [1.54, 1.807) is 0 Å². The zero-order valence-electron chi connectivity index (χ0n) is 16.9. The van der Waals surface area contributed by atoms with Crippen molar-refractivity contribution >= 4 is 5.97 Å². The van der Waals surface area contributed by atoms with Crippen molar-refractivity contribution in [3.63, 3.8) is 0 Å². The third-order valence-corrected chi connectivity index (χ3v) is 4.16. The van der Waals surface area contributed by atoms with Crippen LogP contribution in [-0.4, -0.2) is 37.4 Å². The summed E-state index contributed by atoms with van der Waals surface area (Å²) in [6.07, 6.45) is 22.7. The molecule has 0 spiro atoms. The van der Waals surface area contributed by atoms with Crippen LogP contribution in [0.3, 0.4) is 0 Å². The van der Waals surface area contributed by atoms with Crippen LogP contribution in [-0.2, 0) is 9.53 Å². The van der Waals surface area contributed by atoms with Gasteiger partial charge in [0, 0.05) is 19.5 Å². The first-order chi connectivity index (χ1) is 12.8. The molecule has 0 bridgehead atoms. The smallest absolute Gasteiger partial charge is 0.305 e. The van der Waals surface area contributed by atoms with Gasteiger partial charge in [-0.2, -0.15) is 0 Å². The number of allylic oxidation sites excluding steroid dienone is 4. The van der Waals surface area contributed by atoms with Crippen molar-refractivity contribution in [2.75, 3.05) is 26.3 Å². The van der Waals surface area contributed by atoms with Crippen molar-refractivity contribution in [2.45, 2.75) is 84.0 Å². The zero-order valence-corrected chi connectivity index (χ0v) is 16.9. The van der Waals surface area contributed by atoms with Crippen molar-refractivity contribution in [1.82, 2.24) is 5.32 Å².